The lowest BCUT2D eigenvalue weighted by atomic mass is 10.1. The van der Waals surface area contributed by atoms with E-state index in [1.165, 1.54) is 0 Å². The molecule has 0 aromatic heterocycles. The average Bonchev–Trinajstić information content (AvgIpc) is 2.99. The summed E-state index contributed by atoms with van der Waals surface area (Å²) in [6, 6.07) is 1.55. The number of rotatable bonds is 7. The van der Waals surface area contributed by atoms with Crippen molar-refractivity contribution in [3.63, 3.8) is 0 Å². The number of aliphatic hydroxyl groups is 2. The first kappa shape index (κ1) is 26.5. The van der Waals surface area contributed by atoms with Crippen molar-refractivity contribution in [1.29, 1.82) is 0 Å². The number of phosphoric ester groups is 1. The van der Waals surface area contributed by atoms with Crippen LogP contribution in [0.15, 0.2) is 30.0 Å². The Bertz CT molecular complexity index is 1000. The quantitative estimate of drug-likeness (QED) is 0.313. The number of amides is 2. The van der Waals surface area contributed by atoms with Crippen LogP contribution in [0.5, 0.6) is 0 Å². The molecule has 2 amide bonds. The molecule has 2 aliphatic heterocycles. The molecule has 0 aliphatic carbocycles. The molecule has 1 saturated heterocycles. The van der Waals surface area contributed by atoms with Crippen molar-refractivity contribution in [3.8, 4) is 0 Å². The zero-order valence-electron chi connectivity index (χ0n) is 17.1. The van der Waals surface area contributed by atoms with Crippen LogP contribution in [0.3, 0.4) is 0 Å². The molecule has 0 radical (unpaired) electrons. The fourth-order valence-corrected chi connectivity index (χ4v) is 3.81. The van der Waals surface area contributed by atoms with Crippen LogP contribution >= 0.6 is 7.82 Å². The summed E-state index contributed by atoms with van der Waals surface area (Å²) in [5.74, 6) is -1.80. The summed E-state index contributed by atoms with van der Waals surface area (Å²) >= 11 is 0. The molecular weight excluding hydrogens is 498 g/mol. The van der Waals surface area contributed by atoms with Gasteiger partial charge in [-0.15, -0.1) is 0 Å². The standard InChI is InChI=1S/C18H20F5N2O8P/c19-11-2-1-9(12(20)5-11)3-4-24-6-10(18(21,22)23)7-25(17(24)28)16-15(27)14(26)13(33-16)8-32-34(29,30)31/h1-2,5,7,13-16,26-27H,3-4,6,8H2,(H2,29,30,31)/t13-,14+,15+,16-/m1/s1. The van der Waals surface area contributed by atoms with Crippen molar-refractivity contribution in [2.75, 3.05) is 19.7 Å². The van der Waals surface area contributed by atoms with Gasteiger partial charge in [0, 0.05) is 18.8 Å². The van der Waals surface area contributed by atoms with E-state index < -0.39 is 81.5 Å². The van der Waals surface area contributed by atoms with Gasteiger partial charge in [-0.3, -0.25) is 9.42 Å². The molecule has 1 aromatic carbocycles. The number of benzene rings is 1. The van der Waals surface area contributed by atoms with Gasteiger partial charge in [-0.1, -0.05) is 6.07 Å². The Morgan fingerprint density at radius 2 is 1.85 bits per heavy atom. The Balaban J connectivity index is 1.81. The number of urea groups is 1. The van der Waals surface area contributed by atoms with Gasteiger partial charge in [-0.2, -0.15) is 13.2 Å². The van der Waals surface area contributed by atoms with Crippen LogP contribution in [0.1, 0.15) is 5.56 Å². The second kappa shape index (κ2) is 9.85. The number of ether oxygens (including phenoxy) is 1. The van der Waals surface area contributed by atoms with E-state index in [4.69, 9.17) is 14.5 Å². The summed E-state index contributed by atoms with van der Waals surface area (Å²) < 4.78 is 87.7. The van der Waals surface area contributed by atoms with E-state index in [2.05, 4.69) is 4.52 Å². The van der Waals surface area contributed by atoms with Gasteiger partial charge in [0.1, 0.15) is 29.9 Å². The molecule has 0 unspecified atom stereocenters. The summed E-state index contributed by atoms with van der Waals surface area (Å²) in [4.78, 5) is 31.5. The van der Waals surface area contributed by atoms with Gasteiger partial charge in [0.2, 0.25) is 0 Å². The normalized spacial score (nSPS) is 26.3. The SMILES string of the molecule is O=C1N(CCc2ccc(F)cc2F)CC(C(F)(F)F)=CN1[C@@H]1O[C@H](COP(=O)(O)O)[C@H](O)[C@@H]1O. The fourth-order valence-electron chi connectivity index (χ4n) is 3.47. The van der Waals surface area contributed by atoms with E-state index in [1.807, 2.05) is 0 Å². The summed E-state index contributed by atoms with van der Waals surface area (Å²) in [5.41, 5.74) is -1.27. The number of hydrogen-bond acceptors (Lipinski definition) is 6. The molecule has 2 heterocycles. The van der Waals surface area contributed by atoms with Crippen molar-refractivity contribution < 1.29 is 60.6 Å². The third-order valence-corrected chi connectivity index (χ3v) is 5.68. The Morgan fingerprint density at radius 3 is 2.44 bits per heavy atom. The first-order chi connectivity index (χ1) is 15.7. The van der Waals surface area contributed by atoms with Crippen LogP contribution in [0.25, 0.3) is 0 Å². The Labute approximate surface area is 189 Å². The number of alkyl halides is 3. The summed E-state index contributed by atoms with van der Waals surface area (Å²) in [7, 11) is -4.99. The molecule has 0 spiro atoms. The molecule has 3 rings (SSSR count). The first-order valence-electron chi connectivity index (χ1n) is 9.68. The van der Waals surface area contributed by atoms with Crippen molar-refractivity contribution in [3.05, 3.63) is 47.2 Å². The molecule has 1 fully saturated rings. The Hall–Kier alpha value is -2.13. The minimum absolute atomic E-state index is 0.0499. The van der Waals surface area contributed by atoms with Crippen LogP contribution in [0.4, 0.5) is 26.7 Å². The number of carbonyl (C=O) groups is 1. The largest absolute Gasteiger partial charge is 0.469 e. The van der Waals surface area contributed by atoms with E-state index in [0.29, 0.717) is 22.1 Å². The number of carbonyl (C=O) groups excluding carboxylic acids is 1. The Morgan fingerprint density at radius 1 is 1.18 bits per heavy atom. The van der Waals surface area contributed by atoms with Crippen LogP contribution in [0, 0.1) is 11.6 Å². The van der Waals surface area contributed by atoms with Gasteiger partial charge in [0.25, 0.3) is 0 Å². The molecule has 1 aromatic rings. The summed E-state index contributed by atoms with van der Waals surface area (Å²) in [6.07, 6.45) is -12.0. The second-order valence-electron chi connectivity index (χ2n) is 7.58. The number of phosphoric acid groups is 1. The van der Waals surface area contributed by atoms with Gasteiger partial charge < -0.3 is 29.6 Å². The lowest BCUT2D eigenvalue weighted by Gasteiger charge is -2.38. The van der Waals surface area contributed by atoms with Crippen molar-refractivity contribution in [2.24, 2.45) is 0 Å². The third kappa shape index (κ3) is 6.10. The zero-order chi connectivity index (χ0) is 25.4. The van der Waals surface area contributed by atoms with E-state index in [1.54, 1.807) is 0 Å². The highest BCUT2D eigenvalue weighted by Gasteiger charge is 2.50. The van der Waals surface area contributed by atoms with Crippen LogP contribution < -0.4 is 0 Å². The number of hydrogen-bond donors (Lipinski definition) is 4. The van der Waals surface area contributed by atoms with Crippen molar-refractivity contribution >= 4 is 13.9 Å². The summed E-state index contributed by atoms with van der Waals surface area (Å²) in [5, 5.41) is 20.3. The summed E-state index contributed by atoms with van der Waals surface area (Å²) in [6.45, 7) is -2.25. The molecule has 34 heavy (non-hydrogen) atoms. The zero-order valence-corrected chi connectivity index (χ0v) is 18.0. The van der Waals surface area contributed by atoms with E-state index in [9.17, 15) is 41.5 Å². The second-order valence-corrected chi connectivity index (χ2v) is 8.82. The monoisotopic (exact) mass is 518 g/mol. The molecule has 0 saturated carbocycles. The maximum Gasteiger partial charge on any atom is 0.469 e. The molecule has 4 atom stereocenters. The highest BCUT2D eigenvalue weighted by Crippen LogP contribution is 2.38. The lowest BCUT2D eigenvalue weighted by molar-refractivity contribution is -0.104. The highest BCUT2D eigenvalue weighted by molar-refractivity contribution is 7.46. The van der Waals surface area contributed by atoms with Crippen molar-refractivity contribution in [1.82, 2.24) is 9.80 Å². The average molecular weight is 518 g/mol. The fraction of sp³-hybridized carbons (Fsp3) is 0.500. The topological polar surface area (TPSA) is 140 Å². The number of aliphatic hydroxyl groups excluding tert-OH is 2. The molecule has 16 heteroatoms. The molecule has 4 N–H and O–H groups in total. The first-order valence-corrected chi connectivity index (χ1v) is 11.2. The molecule has 0 bridgehead atoms. The molecule has 10 nitrogen and oxygen atoms in total. The maximum atomic E-state index is 13.9. The molecule has 2 aliphatic rings. The van der Waals surface area contributed by atoms with Gasteiger partial charge in [0.05, 0.1) is 18.7 Å². The molecular formula is C18H20F5N2O8P. The van der Waals surface area contributed by atoms with Crippen molar-refractivity contribution in [2.45, 2.75) is 37.1 Å². The van der Waals surface area contributed by atoms with Gasteiger partial charge in [-0.25, -0.2) is 18.1 Å². The smallest absolute Gasteiger partial charge is 0.387 e. The number of halogens is 5. The molecule has 190 valence electrons. The van der Waals surface area contributed by atoms with E-state index in [0.717, 1.165) is 12.1 Å². The van der Waals surface area contributed by atoms with Gasteiger partial charge in [-0.05, 0) is 18.1 Å². The van der Waals surface area contributed by atoms with Crippen LogP contribution in [-0.2, 0) is 20.2 Å². The van der Waals surface area contributed by atoms with E-state index >= 15 is 0 Å². The minimum Gasteiger partial charge on any atom is -0.387 e. The highest BCUT2D eigenvalue weighted by atomic mass is 31.2. The minimum atomic E-state index is -4.99. The predicted octanol–water partition coefficient (Wildman–Crippen LogP) is 1.25. The van der Waals surface area contributed by atoms with Crippen LogP contribution in [0.2, 0.25) is 0 Å². The third-order valence-electron chi connectivity index (χ3n) is 5.20. The van der Waals surface area contributed by atoms with Gasteiger partial charge in [0.15, 0.2) is 6.23 Å². The lowest BCUT2D eigenvalue weighted by Crippen LogP contribution is -2.54. The van der Waals surface area contributed by atoms with E-state index in [-0.39, 0.29) is 12.0 Å². The van der Waals surface area contributed by atoms with Gasteiger partial charge >= 0.3 is 20.0 Å². The predicted molar refractivity (Wildman–Crippen MR) is 102 cm³/mol. The maximum absolute atomic E-state index is 13.9. The van der Waals surface area contributed by atoms with Crippen LogP contribution in [-0.4, -0.2) is 86.2 Å². The number of nitrogens with zero attached hydrogens (tertiary/aromatic N) is 2. The Kier molecular flexibility index (Phi) is 7.67.